The SMILES string of the molecule is CCOC(=O)c1c(NC(=O)CN2C(=O)NC3(CCSC3)C2=O)sc(C(=O)NC)c1C. The molecule has 3 N–H and O–H groups in total. The largest absolute Gasteiger partial charge is 0.462 e. The molecule has 1 aromatic rings. The minimum Gasteiger partial charge on any atom is -0.462 e. The van der Waals surface area contributed by atoms with Gasteiger partial charge < -0.3 is 20.7 Å². The first-order chi connectivity index (χ1) is 14.2. The van der Waals surface area contributed by atoms with Gasteiger partial charge in [0.25, 0.3) is 11.8 Å². The molecule has 0 saturated carbocycles. The highest BCUT2D eigenvalue weighted by molar-refractivity contribution is 7.99. The topological polar surface area (TPSA) is 134 Å². The van der Waals surface area contributed by atoms with Gasteiger partial charge >= 0.3 is 12.0 Å². The number of carbonyl (C=O) groups excluding carboxylic acids is 5. The van der Waals surface area contributed by atoms with Gasteiger partial charge in [0, 0.05) is 12.8 Å². The number of carbonyl (C=O) groups is 5. The zero-order valence-electron chi connectivity index (χ0n) is 16.7. The molecule has 0 radical (unpaired) electrons. The zero-order valence-corrected chi connectivity index (χ0v) is 18.4. The van der Waals surface area contributed by atoms with Crippen molar-refractivity contribution in [1.82, 2.24) is 15.5 Å². The number of anilines is 1. The number of esters is 1. The summed E-state index contributed by atoms with van der Waals surface area (Å²) < 4.78 is 5.04. The van der Waals surface area contributed by atoms with Crippen molar-refractivity contribution in [2.45, 2.75) is 25.8 Å². The quantitative estimate of drug-likeness (QED) is 0.430. The molecular weight excluding hydrogens is 432 g/mol. The van der Waals surface area contributed by atoms with E-state index in [0.717, 1.165) is 22.0 Å². The molecule has 2 aliphatic heterocycles. The third-order valence-corrected chi connectivity index (χ3v) is 7.28. The number of thiophene rings is 1. The monoisotopic (exact) mass is 454 g/mol. The molecule has 5 amide bonds. The minimum absolute atomic E-state index is 0.0784. The molecule has 3 heterocycles. The van der Waals surface area contributed by atoms with Gasteiger partial charge in [0.05, 0.1) is 17.0 Å². The lowest BCUT2D eigenvalue weighted by molar-refractivity contribution is -0.133. The summed E-state index contributed by atoms with van der Waals surface area (Å²) in [5.74, 6) is -0.927. The van der Waals surface area contributed by atoms with E-state index in [1.165, 1.54) is 7.05 Å². The van der Waals surface area contributed by atoms with Crippen molar-refractivity contribution in [3.8, 4) is 0 Å². The van der Waals surface area contributed by atoms with Crippen LogP contribution in [0.3, 0.4) is 0 Å². The van der Waals surface area contributed by atoms with Crippen molar-refractivity contribution in [3.05, 3.63) is 16.0 Å². The smallest absolute Gasteiger partial charge is 0.341 e. The summed E-state index contributed by atoms with van der Waals surface area (Å²) in [5, 5.41) is 7.87. The fourth-order valence-electron chi connectivity index (χ4n) is 3.34. The zero-order chi connectivity index (χ0) is 22.1. The van der Waals surface area contributed by atoms with Crippen LogP contribution in [-0.2, 0) is 14.3 Å². The summed E-state index contributed by atoms with van der Waals surface area (Å²) in [7, 11) is 1.46. The van der Waals surface area contributed by atoms with E-state index in [1.54, 1.807) is 25.6 Å². The van der Waals surface area contributed by atoms with Gasteiger partial charge in [0.1, 0.15) is 17.1 Å². The Morgan fingerprint density at radius 2 is 2.03 bits per heavy atom. The normalized spacial score (nSPS) is 20.4. The Kier molecular flexibility index (Phi) is 6.36. The predicted molar refractivity (Wildman–Crippen MR) is 112 cm³/mol. The maximum Gasteiger partial charge on any atom is 0.341 e. The Bertz CT molecular complexity index is 922. The fraction of sp³-hybridized carbons (Fsp3) is 0.500. The fourth-order valence-corrected chi connectivity index (χ4v) is 5.83. The lowest BCUT2D eigenvalue weighted by Gasteiger charge is -2.19. The van der Waals surface area contributed by atoms with Crippen LogP contribution in [0.4, 0.5) is 9.80 Å². The molecule has 0 bridgehead atoms. The van der Waals surface area contributed by atoms with E-state index in [0.29, 0.717) is 17.7 Å². The molecule has 1 atom stereocenters. The van der Waals surface area contributed by atoms with Crippen LogP contribution in [0, 0.1) is 6.92 Å². The predicted octanol–water partition coefficient (Wildman–Crippen LogP) is 0.959. The van der Waals surface area contributed by atoms with Crippen LogP contribution in [0.5, 0.6) is 0 Å². The number of amides is 5. The highest BCUT2D eigenvalue weighted by Crippen LogP contribution is 2.35. The number of nitrogens with one attached hydrogen (secondary N) is 3. The van der Waals surface area contributed by atoms with Crippen molar-refractivity contribution in [2.24, 2.45) is 0 Å². The number of hydrogen-bond donors (Lipinski definition) is 3. The van der Waals surface area contributed by atoms with Crippen molar-refractivity contribution < 1.29 is 28.7 Å². The van der Waals surface area contributed by atoms with Gasteiger partial charge in [0.2, 0.25) is 5.91 Å². The average molecular weight is 455 g/mol. The van der Waals surface area contributed by atoms with Gasteiger partial charge in [-0.05, 0) is 31.6 Å². The van der Waals surface area contributed by atoms with Crippen molar-refractivity contribution in [3.63, 3.8) is 0 Å². The molecule has 3 rings (SSSR count). The summed E-state index contributed by atoms with van der Waals surface area (Å²) in [6.45, 7) is 2.86. The Hall–Kier alpha value is -2.60. The lowest BCUT2D eigenvalue weighted by atomic mass is 9.99. The van der Waals surface area contributed by atoms with E-state index in [9.17, 15) is 24.0 Å². The molecule has 0 aromatic carbocycles. The summed E-state index contributed by atoms with van der Waals surface area (Å²) in [6.07, 6.45) is 0.521. The van der Waals surface area contributed by atoms with Gasteiger partial charge in [-0.1, -0.05) is 0 Å². The minimum atomic E-state index is -0.940. The first-order valence-corrected chi connectivity index (χ1v) is 11.3. The second-order valence-electron chi connectivity index (χ2n) is 6.81. The Morgan fingerprint density at radius 3 is 2.63 bits per heavy atom. The average Bonchev–Trinajstić information content (AvgIpc) is 3.35. The van der Waals surface area contributed by atoms with E-state index >= 15 is 0 Å². The van der Waals surface area contributed by atoms with Crippen LogP contribution in [0.25, 0.3) is 0 Å². The van der Waals surface area contributed by atoms with Gasteiger partial charge in [0.15, 0.2) is 0 Å². The number of nitrogens with zero attached hydrogens (tertiary/aromatic N) is 1. The van der Waals surface area contributed by atoms with Crippen LogP contribution < -0.4 is 16.0 Å². The lowest BCUT2D eigenvalue weighted by Crippen LogP contribution is -2.47. The number of hydrogen-bond acceptors (Lipinski definition) is 8. The van der Waals surface area contributed by atoms with Crippen LogP contribution >= 0.6 is 23.1 Å². The number of urea groups is 1. The molecule has 162 valence electrons. The maximum atomic E-state index is 12.7. The Balaban J connectivity index is 1.81. The Labute approximate surface area is 181 Å². The maximum absolute atomic E-state index is 12.7. The van der Waals surface area contributed by atoms with Crippen LogP contribution in [0.1, 0.15) is 38.9 Å². The van der Waals surface area contributed by atoms with Crippen molar-refractivity contribution in [2.75, 3.05) is 37.0 Å². The molecule has 2 saturated heterocycles. The van der Waals surface area contributed by atoms with E-state index in [2.05, 4.69) is 16.0 Å². The van der Waals surface area contributed by atoms with E-state index in [-0.39, 0.29) is 22.0 Å². The number of rotatable bonds is 6. The second-order valence-corrected chi connectivity index (χ2v) is 8.94. The molecule has 1 aromatic heterocycles. The third kappa shape index (κ3) is 3.88. The molecule has 1 unspecified atom stereocenters. The summed E-state index contributed by atoms with van der Waals surface area (Å²) in [6, 6.07) is -0.614. The summed E-state index contributed by atoms with van der Waals surface area (Å²) in [5.41, 5.74) is -0.482. The molecule has 0 aliphatic carbocycles. The standard InChI is InChI=1S/C18H22N4O6S2/c1-4-28-15(25)11-9(2)12(13(24)19-3)30-14(11)20-10(23)7-22-16(26)18(21-17(22)27)5-6-29-8-18/h4-8H2,1-3H3,(H,19,24)(H,20,23)(H,21,27). The van der Waals surface area contributed by atoms with Gasteiger partial charge in [-0.3, -0.25) is 19.3 Å². The van der Waals surface area contributed by atoms with E-state index < -0.39 is 41.8 Å². The third-order valence-electron chi connectivity index (χ3n) is 4.88. The second kappa shape index (κ2) is 8.64. The van der Waals surface area contributed by atoms with Crippen LogP contribution in [0.15, 0.2) is 0 Å². The highest BCUT2D eigenvalue weighted by atomic mass is 32.2. The molecule has 10 nitrogen and oxygen atoms in total. The first-order valence-electron chi connectivity index (χ1n) is 9.28. The Morgan fingerprint density at radius 1 is 1.30 bits per heavy atom. The van der Waals surface area contributed by atoms with E-state index in [4.69, 9.17) is 4.74 Å². The molecule has 12 heteroatoms. The molecule has 1 spiro atoms. The molecule has 2 fully saturated rings. The van der Waals surface area contributed by atoms with Gasteiger partial charge in [-0.15, -0.1) is 11.3 Å². The van der Waals surface area contributed by atoms with Gasteiger partial charge in [-0.25, -0.2) is 9.59 Å². The number of thioether (sulfide) groups is 1. The van der Waals surface area contributed by atoms with E-state index in [1.807, 2.05) is 0 Å². The number of ether oxygens (including phenoxy) is 1. The van der Waals surface area contributed by atoms with Crippen molar-refractivity contribution in [1.29, 1.82) is 0 Å². The summed E-state index contributed by atoms with van der Waals surface area (Å²) >= 11 is 2.50. The molecular formula is C18H22N4O6S2. The van der Waals surface area contributed by atoms with Crippen LogP contribution in [0.2, 0.25) is 0 Å². The molecule has 2 aliphatic rings. The first kappa shape index (κ1) is 22.1. The summed E-state index contributed by atoms with van der Waals surface area (Å²) in [4.78, 5) is 63.2. The number of imide groups is 1. The molecule has 30 heavy (non-hydrogen) atoms. The van der Waals surface area contributed by atoms with Crippen LogP contribution in [-0.4, -0.2) is 71.9 Å². The van der Waals surface area contributed by atoms with Gasteiger partial charge in [-0.2, -0.15) is 11.8 Å². The highest BCUT2D eigenvalue weighted by Gasteiger charge is 2.53. The van der Waals surface area contributed by atoms with Crippen molar-refractivity contribution >= 4 is 57.8 Å².